The molecule has 1 aromatic carbocycles. The number of benzene rings is 1. The number of nitrogens with two attached hydrogens (primary N) is 1. The Morgan fingerprint density at radius 1 is 1.07 bits per heavy atom. The second kappa shape index (κ2) is 9.51. The molecule has 2 fully saturated rings. The Morgan fingerprint density at radius 2 is 1.70 bits per heavy atom. The van der Waals surface area contributed by atoms with Gasteiger partial charge >= 0.3 is 0 Å². The third-order valence-corrected chi connectivity index (χ3v) is 7.29. The van der Waals surface area contributed by atoms with E-state index in [2.05, 4.69) is 47.5 Å². The van der Waals surface area contributed by atoms with Gasteiger partial charge in [0.15, 0.2) is 0 Å². The Kier molecular flexibility index (Phi) is 7.22. The molecule has 5 heteroatoms. The zero-order valence-corrected chi connectivity index (χ0v) is 19.2. The molecule has 2 aliphatic rings. The fourth-order valence-electron chi connectivity index (χ4n) is 5.61. The smallest absolute Gasteiger partial charge is 0.245 e. The normalized spacial score (nSPS) is 27.3. The summed E-state index contributed by atoms with van der Waals surface area (Å²) in [5.41, 5.74) is 7.39. The summed E-state index contributed by atoms with van der Waals surface area (Å²) in [6.45, 7) is 10.6. The van der Waals surface area contributed by atoms with Crippen molar-refractivity contribution < 1.29 is 9.59 Å². The molecule has 166 valence electrons. The van der Waals surface area contributed by atoms with Crippen LogP contribution in [0.5, 0.6) is 0 Å². The first-order valence-electron chi connectivity index (χ1n) is 11.7. The molecule has 0 saturated heterocycles. The number of hydrogen-bond donors (Lipinski definition) is 2. The number of hydrogen-bond acceptors (Lipinski definition) is 3. The highest BCUT2D eigenvalue weighted by Gasteiger charge is 2.51. The summed E-state index contributed by atoms with van der Waals surface area (Å²) in [7, 11) is 0. The zero-order chi connectivity index (χ0) is 22.0. The molecule has 30 heavy (non-hydrogen) atoms. The third-order valence-electron chi connectivity index (χ3n) is 7.29. The summed E-state index contributed by atoms with van der Waals surface area (Å²) in [6, 6.07) is 9.73. The lowest BCUT2D eigenvalue weighted by Crippen LogP contribution is -2.58. The molecule has 6 atom stereocenters. The lowest BCUT2D eigenvalue weighted by Gasteiger charge is -2.42. The van der Waals surface area contributed by atoms with Crippen molar-refractivity contribution in [3.8, 4) is 0 Å². The molecule has 1 aromatic rings. The molecule has 0 spiro atoms. The Bertz CT molecular complexity index is 733. The van der Waals surface area contributed by atoms with Crippen molar-refractivity contribution in [1.82, 2.24) is 10.2 Å². The summed E-state index contributed by atoms with van der Waals surface area (Å²) in [4.78, 5) is 28.5. The van der Waals surface area contributed by atoms with Crippen molar-refractivity contribution >= 4 is 11.8 Å². The maximum Gasteiger partial charge on any atom is 0.245 e. The minimum absolute atomic E-state index is 0.00336. The van der Waals surface area contributed by atoms with Gasteiger partial charge in [0.1, 0.15) is 6.04 Å². The first kappa shape index (κ1) is 22.8. The van der Waals surface area contributed by atoms with Crippen LogP contribution >= 0.6 is 0 Å². The van der Waals surface area contributed by atoms with E-state index in [9.17, 15) is 9.59 Å². The first-order chi connectivity index (χ1) is 14.3. The van der Waals surface area contributed by atoms with E-state index in [0.717, 1.165) is 0 Å². The number of carbonyl (C=O) groups is 2. The van der Waals surface area contributed by atoms with Gasteiger partial charge in [0.25, 0.3) is 0 Å². The molecular weight excluding hydrogens is 374 g/mol. The second-order valence-corrected chi connectivity index (χ2v) is 9.88. The predicted molar refractivity (Wildman–Crippen MR) is 121 cm³/mol. The number of nitrogens with one attached hydrogen (secondary N) is 1. The maximum absolute atomic E-state index is 13.8. The molecule has 0 aromatic heterocycles. The molecule has 3 N–H and O–H groups in total. The number of likely N-dealkylation sites (N-methyl/N-ethyl adjacent to an activating group) is 1. The van der Waals surface area contributed by atoms with Gasteiger partial charge in [0.05, 0.1) is 6.04 Å². The highest BCUT2D eigenvalue weighted by atomic mass is 16.2. The molecule has 0 radical (unpaired) electrons. The molecule has 2 aliphatic carbocycles. The Balaban J connectivity index is 1.85. The van der Waals surface area contributed by atoms with E-state index >= 15 is 0 Å². The van der Waals surface area contributed by atoms with Crippen LogP contribution in [-0.2, 0) is 9.59 Å². The van der Waals surface area contributed by atoms with E-state index in [0.29, 0.717) is 24.3 Å². The number of carbonyl (C=O) groups excluding carboxylic acids is 2. The summed E-state index contributed by atoms with van der Waals surface area (Å²) in [6.07, 6.45) is 3.64. The topological polar surface area (TPSA) is 75.4 Å². The summed E-state index contributed by atoms with van der Waals surface area (Å²) in [5.74, 6) is 1.41. The summed E-state index contributed by atoms with van der Waals surface area (Å²) >= 11 is 0. The minimum atomic E-state index is -0.603. The fourth-order valence-corrected chi connectivity index (χ4v) is 5.61. The van der Waals surface area contributed by atoms with E-state index in [1.807, 2.05) is 27.7 Å². The van der Waals surface area contributed by atoms with Crippen LogP contribution in [-0.4, -0.2) is 41.4 Å². The van der Waals surface area contributed by atoms with Gasteiger partial charge < -0.3 is 16.0 Å². The van der Waals surface area contributed by atoms with Crippen molar-refractivity contribution in [2.45, 2.75) is 77.9 Å². The first-order valence-corrected chi connectivity index (χ1v) is 11.7. The van der Waals surface area contributed by atoms with Crippen molar-refractivity contribution in [2.75, 3.05) is 6.54 Å². The maximum atomic E-state index is 13.8. The Hall–Kier alpha value is -1.88. The zero-order valence-electron chi connectivity index (χ0n) is 19.2. The van der Waals surface area contributed by atoms with Gasteiger partial charge in [-0.1, -0.05) is 58.0 Å². The lowest BCUT2D eigenvalue weighted by molar-refractivity contribution is -0.141. The largest absolute Gasteiger partial charge is 0.343 e. The van der Waals surface area contributed by atoms with Crippen molar-refractivity contribution in [3.05, 3.63) is 35.9 Å². The quantitative estimate of drug-likeness (QED) is 0.684. The molecule has 0 heterocycles. The SMILES string of the molecule is CCN(C(=O)C(NC(=O)C(N)C(C)C)C(C)C)C1C2CCC(C2)C1c1ccccc1. The average molecular weight is 414 g/mol. The van der Waals surface area contributed by atoms with E-state index in [-0.39, 0.29) is 29.7 Å². The van der Waals surface area contributed by atoms with E-state index in [4.69, 9.17) is 5.73 Å². The van der Waals surface area contributed by atoms with Gasteiger partial charge in [-0.15, -0.1) is 0 Å². The van der Waals surface area contributed by atoms with Crippen LogP contribution in [0, 0.1) is 23.7 Å². The third kappa shape index (κ3) is 4.41. The summed E-state index contributed by atoms with van der Waals surface area (Å²) in [5, 5.41) is 2.98. The highest BCUT2D eigenvalue weighted by Crippen LogP contribution is 2.55. The van der Waals surface area contributed by atoms with Crippen LogP contribution in [0.25, 0.3) is 0 Å². The number of amides is 2. The van der Waals surface area contributed by atoms with E-state index in [1.165, 1.54) is 24.8 Å². The molecule has 0 aliphatic heterocycles. The Morgan fingerprint density at radius 3 is 2.27 bits per heavy atom. The second-order valence-electron chi connectivity index (χ2n) is 9.88. The molecule has 3 rings (SSSR count). The molecular formula is C25H39N3O2. The number of fused-ring (bicyclic) bond motifs is 2. The monoisotopic (exact) mass is 413 g/mol. The van der Waals surface area contributed by atoms with Crippen LogP contribution in [0.1, 0.15) is 65.4 Å². The van der Waals surface area contributed by atoms with Crippen molar-refractivity contribution in [1.29, 1.82) is 0 Å². The predicted octanol–water partition coefficient (Wildman–Crippen LogP) is 3.54. The van der Waals surface area contributed by atoms with Gasteiger partial charge in [0.2, 0.25) is 11.8 Å². The van der Waals surface area contributed by atoms with Gasteiger partial charge in [-0.2, -0.15) is 0 Å². The Labute approximate surface area is 181 Å². The number of nitrogens with zero attached hydrogens (tertiary/aromatic N) is 1. The van der Waals surface area contributed by atoms with Crippen LogP contribution in [0.3, 0.4) is 0 Å². The molecule has 2 bridgehead atoms. The molecule has 2 amide bonds. The number of rotatable bonds is 8. The van der Waals surface area contributed by atoms with Crippen molar-refractivity contribution in [3.63, 3.8) is 0 Å². The van der Waals surface area contributed by atoms with E-state index in [1.54, 1.807) is 0 Å². The van der Waals surface area contributed by atoms with Crippen LogP contribution in [0.2, 0.25) is 0 Å². The van der Waals surface area contributed by atoms with Crippen LogP contribution in [0.4, 0.5) is 0 Å². The molecule has 2 saturated carbocycles. The molecule has 6 unspecified atom stereocenters. The van der Waals surface area contributed by atoms with Crippen molar-refractivity contribution in [2.24, 2.45) is 29.4 Å². The van der Waals surface area contributed by atoms with Gasteiger partial charge in [-0.05, 0) is 55.4 Å². The van der Waals surface area contributed by atoms with Crippen LogP contribution in [0.15, 0.2) is 30.3 Å². The lowest BCUT2D eigenvalue weighted by atomic mass is 9.78. The van der Waals surface area contributed by atoms with E-state index < -0.39 is 12.1 Å². The fraction of sp³-hybridized carbons (Fsp3) is 0.680. The highest BCUT2D eigenvalue weighted by molar-refractivity contribution is 5.90. The standard InChI is InChI=1S/C25H39N3O2/c1-6-28(25(30)22(16(4)5)27-24(29)21(26)15(2)3)23-19-13-12-18(14-19)20(23)17-10-8-7-9-11-17/h7-11,15-16,18-23H,6,12-14,26H2,1-5H3,(H,27,29). The molecule has 5 nitrogen and oxygen atoms in total. The average Bonchev–Trinajstić information content (AvgIpc) is 3.34. The minimum Gasteiger partial charge on any atom is -0.343 e. The summed E-state index contributed by atoms with van der Waals surface area (Å²) < 4.78 is 0. The van der Waals surface area contributed by atoms with Crippen LogP contribution < -0.4 is 11.1 Å². The van der Waals surface area contributed by atoms with Gasteiger partial charge in [-0.25, -0.2) is 0 Å². The van der Waals surface area contributed by atoms with Gasteiger partial charge in [-0.3, -0.25) is 9.59 Å². The van der Waals surface area contributed by atoms with Gasteiger partial charge in [0, 0.05) is 18.5 Å².